The van der Waals surface area contributed by atoms with Crippen LogP contribution in [-0.2, 0) is 6.42 Å². The van der Waals surface area contributed by atoms with Crippen LogP contribution in [0.5, 0.6) is 0 Å². The van der Waals surface area contributed by atoms with Gasteiger partial charge in [0.1, 0.15) is 5.69 Å². The van der Waals surface area contributed by atoms with Crippen LogP contribution in [0.3, 0.4) is 0 Å². The number of nitrogens with zero attached hydrogens (tertiary/aromatic N) is 2. The number of aromatic nitrogens is 1. The van der Waals surface area contributed by atoms with Gasteiger partial charge in [0, 0.05) is 23.6 Å². The third kappa shape index (κ3) is 2.13. The molecular weight excluding hydrogens is 252 g/mol. The molecule has 20 heavy (non-hydrogen) atoms. The normalized spacial score (nSPS) is 17.6. The molecule has 0 bridgehead atoms. The molecule has 0 saturated carbocycles. The van der Waals surface area contributed by atoms with E-state index in [-0.39, 0.29) is 5.69 Å². The molecule has 0 aliphatic carbocycles. The number of carboxylic acid groups (broad SMARTS) is 1. The molecule has 2 heterocycles. The SMILES string of the molecule is CC1CCc2ccccc2N1c1ccnc(C(=O)O)c1. The van der Waals surface area contributed by atoms with E-state index in [1.807, 2.05) is 18.2 Å². The van der Waals surface area contributed by atoms with Gasteiger partial charge in [-0.05, 0) is 43.5 Å². The van der Waals surface area contributed by atoms with Crippen molar-refractivity contribution in [1.29, 1.82) is 0 Å². The molecule has 1 aliphatic heterocycles. The predicted octanol–water partition coefficient (Wildman–Crippen LogP) is 3.25. The van der Waals surface area contributed by atoms with Gasteiger partial charge in [0.25, 0.3) is 0 Å². The van der Waals surface area contributed by atoms with E-state index in [2.05, 4.69) is 28.9 Å². The van der Waals surface area contributed by atoms with E-state index in [1.165, 1.54) is 5.56 Å². The average molecular weight is 268 g/mol. The maximum absolute atomic E-state index is 11.1. The number of rotatable bonds is 2. The van der Waals surface area contributed by atoms with Crippen LogP contribution in [0.25, 0.3) is 0 Å². The van der Waals surface area contributed by atoms with Crippen LogP contribution in [0.2, 0.25) is 0 Å². The van der Waals surface area contributed by atoms with Crippen molar-refractivity contribution in [2.24, 2.45) is 0 Å². The van der Waals surface area contributed by atoms with Crippen molar-refractivity contribution in [1.82, 2.24) is 4.98 Å². The molecule has 1 aliphatic rings. The second-order valence-corrected chi connectivity index (χ2v) is 5.09. The number of carbonyl (C=O) groups is 1. The van der Waals surface area contributed by atoms with Crippen molar-refractivity contribution in [2.45, 2.75) is 25.8 Å². The van der Waals surface area contributed by atoms with Gasteiger partial charge in [-0.2, -0.15) is 0 Å². The standard InChI is InChI=1S/C16H16N2O2/c1-11-6-7-12-4-2-3-5-15(12)18(11)13-8-9-17-14(10-13)16(19)20/h2-5,8-11H,6-7H2,1H3,(H,19,20). The number of anilines is 2. The highest BCUT2D eigenvalue weighted by molar-refractivity contribution is 5.87. The molecule has 4 heteroatoms. The van der Waals surface area contributed by atoms with Gasteiger partial charge in [0.2, 0.25) is 0 Å². The molecule has 0 radical (unpaired) electrons. The first-order chi connectivity index (χ1) is 9.66. The fourth-order valence-electron chi connectivity index (χ4n) is 2.77. The lowest BCUT2D eigenvalue weighted by atomic mass is 9.96. The quantitative estimate of drug-likeness (QED) is 0.908. The molecule has 0 saturated heterocycles. The molecule has 1 unspecified atom stereocenters. The number of para-hydroxylation sites is 1. The predicted molar refractivity (Wildman–Crippen MR) is 77.6 cm³/mol. The summed E-state index contributed by atoms with van der Waals surface area (Å²) < 4.78 is 0. The van der Waals surface area contributed by atoms with E-state index < -0.39 is 5.97 Å². The van der Waals surface area contributed by atoms with Gasteiger partial charge in [-0.1, -0.05) is 18.2 Å². The fourth-order valence-corrected chi connectivity index (χ4v) is 2.77. The third-order valence-electron chi connectivity index (χ3n) is 3.76. The molecule has 102 valence electrons. The molecule has 0 spiro atoms. The number of aryl methyl sites for hydroxylation is 1. The van der Waals surface area contributed by atoms with Gasteiger partial charge in [-0.3, -0.25) is 0 Å². The second-order valence-electron chi connectivity index (χ2n) is 5.09. The number of hydrogen-bond donors (Lipinski definition) is 1. The van der Waals surface area contributed by atoms with Crippen LogP contribution in [0.1, 0.15) is 29.4 Å². The van der Waals surface area contributed by atoms with Gasteiger partial charge < -0.3 is 10.0 Å². The maximum atomic E-state index is 11.1. The highest BCUT2D eigenvalue weighted by Gasteiger charge is 2.24. The lowest BCUT2D eigenvalue weighted by Gasteiger charge is -2.37. The Morgan fingerprint density at radius 2 is 2.15 bits per heavy atom. The average Bonchev–Trinajstić information content (AvgIpc) is 2.47. The van der Waals surface area contributed by atoms with Crippen molar-refractivity contribution in [3.8, 4) is 0 Å². The Kier molecular flexibility index (Phi) is 3.14. The highest BCUT2D eigenvalue weighted by atomic mass is 16.4. The monoisotopic (exact) mass is 268 g/mol. The first-order valence-corrected chi connectivity index (χ1v) is 6.73. The van der Waals surface area contributed by atoms with Gasteiger partial charge in [0.05, 0.1) is 0 Å². The van der Waals surface area contributed by atoms with Crippen LogP contribution in [0, 0.1) is 0 Å². The zero-order chi connectivity index (χ0) is 14.1. The summed E-state index contributed by atoms with van der Waals surface area (Å²) >= 11 is 0. The summed E-state index contributed by atoms with van der Waals surface area (Å²) in [6, 6.07) is 12.1. The minimum Gasteiger partial charge on any atom is -0.477 e. The second kappa shape index (κ2) is 4.96. The number of pyridine rings is 1. The summed E-state index contributed by atoms with van der Waals surface area (Å²) in [7, 11) is 0. The van der Waals surface area contributed by atoms with Gasteiger partial charge in [0.15, 0.2) is 0 Å². The van der Waals surface area contributed by atoms with Crippen LogP contribution in [-0.4, -0.2) is 22.1 Å². The number of carboxylic acids is 1. The van der Waals surface area contributed by atoms with Gasteiger partial charge >= 0.3 is 5.97 Å². The molecular formula is C16H16N2O2. The molecule has 1 aromatic heterocycles. The number of benzene rings is 1. The molecule has 1 aromatic carbocycles. The molecule has 1 atom stereocenters. The third-order valence-corrected chi connectivity index (χ3v) is 3.76. The summed E-state index contributed by atoms with van der Waals surface area (Å²) in [6.45, 7) is 2.16. The first kappa shape index (κ1) is 12.7. The highest BCUT2D eigenvalue weighted by Crippen LogP contribution is 2.36. The van der Waals surface area contributed by atoms with Gasteiger partial charge in [-0.15, -0.1) is 0 Å². The lowest BCUT2D eigenvalue weighted by Crippen LogP contribution is -2.33. The van der Waals surface area contributed by atoms with Crippen LogP contribution >= 0.6 is 0 Å². The van der Waals surface area contributed by atoms with Crippen LogP contribution in [0.15, 0.2) is 42.6 Å². The number of hydrogen-bond acceptors (Lipinski definition) is 3. The first-order valence-electron chi connectivity index (χ1n) is 6.73. The molecule has 1 N–H and O–H groups in total. The zero-order valence-corrected chi connectivity index (χ0v) is 11.3. The Bertz CT molecular complexity index is 654. The largest absolute Gasteiger partial charge is 0.477 e. The van der Waals surface area contributed by atoms with Crippen LogP contribution in [0.4, 0.5) is 11.4 Å². The summed E-state index contributed by atoms with van der Waals surface area (Å²) in [5.74, 6) is -0.996. The molecule has 0 fully saturated rings. The van der Waals surface area contributed by atoms with Crippen molar-refractivity contribution in [2.75, 3.05) is 4.90 Å². The minimum absolute atomic E-state index is 0.0813. The van der Waals surface area contributed by atoms with Gasteiger partial charge in [-0.25, -0.2) is 9.78 Å². The van der Waals surface area contributed by atoms with E-state index >= 15 is 0 Å². The molecule has 0 amide bonds. The number of fused-ring (bicyclic) bond motifs is 1. The molecule has 3 rings (SSSR count). The smallest absolute Gasteiger partial charge is 0.354 e. The summed E-state index contributed by atoms with van der Waals surface area (Å²) in [5, 5.41) is 9.09. The fraction of sp³-hybridized carbons (Fsp3) is 0.250. The Balaban J connectivity index is 2.09. The lowest BCUT2D eigenvalue weighted by molar-refractivity contribution is 0.0690. The topological polar surface area (TPSA) is 53.4 Å². The van der Waals surface area contributed by atoms with E-state index in [9.17, 15) is 4.79 Å². The van der Waals surface area contributed by atoms with E-state index in [0.29, 0.717) is 6.04 Å². The summed E-state index contributed by atoms with van der Waals surface area (Å²) in [5.41, 5.74) is 3.43. The maximum Gasteiger partial charge on any atom is 0.354 e. The Labute approximate surface area is 117 Å². The van der Waals surface area contributed by atoms with E-state index in [0.717, 1.165) is 24.2 Å². The summed E-state index contributed by atoms with van der Waals surface area (Å²) in [4.78, 5) is 17.2. The molecule has 4 nitrogen and oxygen atoms in total. The minimum atomic E-state index is -0.996. The Morgan fingerprint density at radius 1 is 1.35 bits per heavy atom. The van der Waals surface area contributed by atoms with E-state index in [1.54, 1.807) is 12.3 Å². The van der Waals surface area contributed by atoms with Crippen molar-refractivity contribution in [3.05, 3.63) is 53.9 Å². The van der Waals surface area contributed by atoms with Crippen molar-refractivity contribution < 1.29 is 9.90 Å². The van der Waals surface area contributed by atoms with Crippen molar-refractivity contribution in [3.63, 3.8) is 0 Å². The Hall–Kier alpha value is -2.36. The number of aromatic carboxylic acids is 1. The van der Waals surface area contributed by atoms with E-state index in [4.69, 9.17) is 5.11 Å². The molecule has 2 aromatic rings. The van der Waals surface area contributed by atoms with Crippen LogP contribution < -0.4 is 4.90 Å². The zero-order valence-electron chi connectivity index (χ0n) is 11.3. The Morgan fingerprint density at radius 3 is 2.95 bits per heavy atom. The summed E-state index contributed by atoms with van der Waals surface area (Å²) in [6.07, 6.45) is 3.68. The van der Waals surface area contributed by atoms with Crippen molar-refractivity contribution >= 4 is 17.3 Å².